The molecule has 0 aliphatic rings. The maximum absolute atomic E-state index is 14.0. The summed E-state index contributed by atoms with van der Waals surface area (Å²) in [7, 11) is 2.35. The van der Waals surface area contributed by atoms with Gasteiger partial charge in [-0.1, -0.05) is 64.1 Å². The average molecular weight is 598 g/mol. The predicted molar refractivity (Wildman–Crippen MR) is 160 cm³/mol. The Morgan fingerprint density at radius 1 is 0.767 bits per heavy atom. The van der Waals surface area contributed by atoms with Crippen molar-refractivity contribution in [2.24, 2.45) is 0 Å². The van der Waals surface area contributed by atoms with E-state index in [1.165, 1.54) is 38.5 Å². The number of rotatable bonds is 15. The minimum atomic E-state index is -1.20. The zero-order valence-corrected chi connectivity index (χ0v) is 25.4. The first-order chi connectivity index (χ1) is 20.3. The molecule has 1 aromatic carbocycles. The number of aromatic nitrogens is 1. The highest BCUT2D eigenvalue weighted by Gasteiger charge is 2.23. The molecule has 2 unspecified atom stereocenters. The van der Waals surface area contributed by atoms with Gasteiger partial charge in [-0.2, -0.15) is 0 Å². The Morgan fingerprint density at radius 2 is 1.16 bits per heavy atom. The molecule has 0 fully saturated rings. The maximum Gasteiger partial charge on any atom is 0.313 e. The number of carbonyl (C=O) groups is 4. The van der Waals surface area contributed by atoms with Gasteiger partial charge in [-0.3, -0.25) is 24.2 Å². The van der Waals surface area contributed by atoms with E-state index in [4.69, 9.17) is 4.98 Å². The van der Waals surface area contributed by atoms with Crippen LogP contribution in [0.25, 0.3) is 23.3 Å². The number of nitrogens with zero attached hydrogens (tertiary/aromatic N) is 1. The Bertz CT molecular complexity index is 1280. The quantitative estimate of drug-likeness (QED) is 0.216. The van der Waals surface area contributed by atoms with Gasteiger partial charge in [0.25, 0.3) is 0 Å². The number of methoxy groups -OCH3 is 2. The number of ketones is 2. The molecule has 9 nitrogen and oxygen atoms in total. The van der Waals surface area contributed by atoms with Gasteiger partial charge in [0.15, 0.2) is 0 Å². The Labute approximate surface area is 251 Å². The van der Waals surface area contributed by atoms with Crippen molar-refractivity contribution in [3.05, 3.63) is 64.7 Å². The molecule has 2 rings (SSSR count). The lowest BCUT2D eigenvalue weighted by Gasteiger charge is -2.23. The van der Waals surface area contributed by atoms with Crippen LogP contribution >= 0.6 is 0 Å². The summed E-state index contributed by atoms with van der Waals surface area (Å²) >= 11 is 0. The highest BCUT2D eigenvalue weighted by atomic mass is 19.1. The van der Waals surface area contributed by atoms with Gasteiger partial charge in [0, 0.05) is 24.0 Å². The van der Waals surface area contributed by atoms with E-state index >= 15 is 0 Å². The molecule has 43 heavy (non-hydrogen) atoms. The molecule has 232 valence electrons. The van der Waals surface area contributed by atoms with Gasteiger partial charge in [-0.05, 0) is 35.1 Å². The Morgan fingerprint density at radius 3 is 1.51 bits per heavy atom. The van der Waals surface area contributed by atoms with Gasteiger partial charge in [-0.15, -0.1) is 0 Å². The molecule has 2 atom stereocenters. The number of ether oxygens (including phenoxy) is 2. The van der Waals surface area contributed by atoms with Gasteiger partial charge in [0.05, 0.1) is 37.8 Å². The van der Waals surface area contributed by atoms with Crippen LogP contribution in [0.1, 0.15) is 87.7 Å². The molecular formula is C33H40FNO8. The molecule has 2 aromatic rings. The zero-order valence-electron chi connectivity index (χ0n) is 25.4. The van der Waals surface area contributed by atoms with Crippen LogP contribution < -0.4 is 0 Å². The molecule has 0 saturated carbocycles. The Balaban J connectivity index is 2.69. The summed E-state index contributed by atoms with van der Waals surface area (Å²) in [6, 6.07) is 5.86. The topological polar surface area (TPSA) is 140 Å². The molecule has 1 heterocycles. The Hall–Kier alpha value is -4.02. The third-order valence-electron chi connectivity index (χ3n) is 6.54. The molecule has 0 saturated heterocycles. The SMILES string of the molecule is COC(=O)CC(=O)CC(O)/C=C/c1c(C(C)C)nc(C(C)C)c(/C=C/C(O)CC(=O)CC(=O)OC)c1-c1ccc(F)cc1. The minimum absolute atomic E-state index is 0.0750. The fourth-order valence-electron chi connectivity index (χ4n) is 4.42. The van der Waals surface area contributed by atoms with Crippen molar-refractivity contribution in [2.45, 2.75) is 77.4 Å². The van der Waals surface area contributed by atoms with E-state index in [2.05, 4.69) is 9.47 Å². The third-order valence-corrected chi connectivity index (χ3v) is 6.54. The van der Waals surface area contributed by atoms with Crippen molar-refractivity contribution >= 4 is 35.7 Å². The normalized spacial score (nSPS) is 13.1. The second kappa shape index (κ2) is 16.6. The largest absolute Gasteiger partial charge is 0.469 e. The van der Waals surface area contributed by atoms with Crippen molar-refractivity contribution in [3.8, 4) is 11.1 Å². The molecule has 0 bridgehead atoms. The monoisotopic (exact) mass is 597 g/mol. The number of aliphatic hydroxyl groups excluding tert-OH is 2. The molecule has 0 radical (unpaired) electrons. The summed E-state index contributed by atoms with van der Waals surface area (Å²) in [6.45, 7) is 7.84. The third kappa shape index (κ3) is 10.6. The van der Waals surface area contributed by atoms with Crippen molar-refractivity contribution in [2.75, 3.05) is 14.2 Å². The van der Waals surface area contributed by atoms with E-state index in [1.807, 2.05) is 27.7 Å². The molecular weight excluding hydrogens is 557 g/mol. The number of carbonyl (C=O) groups excluding carboxylic acids is 4. The van der Waals surface area contributed by atoms with Crippen LogP contribution in [-0.2, 0) is 28.7 Å². The van der Waals surface area contributed by atoms with Gasteiger partial charge in [0.1, 0.15) is 30.2 Å². The molecule has 1 aromatic heterocycles. The smallest absolute Gasteiger partial charge is 0.313 e. The fraction of sp³-hybridized carbons (Fsp3) is 0.424. The van der Waals surface area contributed by atoms with Crippen LogP contribution in [0.4, 0.5) is 4.39 Å². The standard InChI is InChI=1S/C33H40FNO8/c1-19(2)32-27(13-11-23(36)15-25(38)17-29(40)42-5)31(21-7-9-22(34)10-8-21)28(33(35-32)20(3)4)14-12-24(37)16-26(39)18-30(41)43-6/h7-14,19-20,23-24,36-37H,15-18H2,1-6H3/b13-11+,14-12+. The Kier molecular flexibility index (Phi) is 13.6. The summed E-state index contributed by atoms with van der Waals surface area (Å²) in [5, 5.41) is 21.2. The van der Waals surface area contributed by atoms with E-state index in [-0.39, 0.29) is 24.7 Å². The number of benzene rings is 1. The van der Waals surface area contributed by atoms with E-state index < -0.39 is 54.4 Å². The lowest BCUT2D eigenvalue weighted by molar-refractivity contribution is -0.145. The van der Waals surface area contributed by atoms with E-state index in [1.54, 1.807) is 24.3 Å². The highest BCUT2D eigenvalue weighted by Crippen LogP contribution is 2.38. The van der Waals surface area contributed by atoms with Gasteiger partial charge < -0.3 is 19.7 Å². The van der Waals surface area contributed by atoms with E-state index in [9.17, 15) is 33.8 Å². The summed E-state index contributed by atoms with van der Waals surface area (Å²) in [4.78, 5) is 52.2. The summed E-state index contributed by atoms with van der Waals surface area (Å²) in [5.41, 5.74) is 3.90. The first-order valence-corrected chi connectivity index (χ1v) is 14.0. The summed E-state index contributed by atoms with van der Waals surface area (Å²) in [6.07, 6.45) is 2.25. The number of Topliss-reactive ketones (excluding diaryl/α,β-unsaturated/α-hetero) is 2. The number of hydrogen-bond acceptors (Lipinski definition) is 9. The lowest BCUT2D eigenvalue weighted by Crippen LogP contribution is -2.16. The predicted octanol–water partition coefficient (Wildman–Crippen LogP) is 4.93. The average Bonchev–Trinajstić information content (AvgIpc) is 2.94. The van der Waals surface area contributed by atoms with E-state index in [0.29, 0.717) is 33.6 Å². The van der Waals surface area contributed by atoms with Crippen LogP contribution in [-0.4, -0.2) is 65.1 Å². The first-order valence-electron chi connectivity index (χ1n) is 14.0. The molecule has 0 amide bonds. The van der Waals surface area contributed by atoms with Crippen molar-refractivity contribution in [1.29, 1.82) is 0 Å². The minimum Gasteiger partial charge on any atom is -0.469 e. The van der Waals surface area contributed by atoms with Crippen molar-refractivity contribution in [3.63, 3.8) is 0 Å². The highest BCUT2D eigenvalue weighted by molar-refractivity contribution is 5.96. The lowest BCUT2D eigenvalue weighted by atomic mass is 9.86. The number of aliphatic hydroxyl groups is 2. The van der Waals surface area contributed by atoms with Gasteiger partial charge in [0.2, 0.25) is 0 Å². The molecule has 10 heteroatoms. The van der Waals surface area contributed by atoms with E-state index in [0.717, 1.165) is 0 Å². The van der Waals surface area contributed by atoms with Crippen LogP contribution in [0.5, 0.6) is 0 Å². The zero-order chi connectivity index (χ0) is 32.3. The van der Waals surface area contributed by atoms with Crippen LogP contribution in [0, 0.1) is 5.82 Å². The molecule has 0 spiro atoms. The number of halogens is 1. The van der Waals surface area contributed by atoms with Crippen LogP contribution in [0.15, 0.2) is 36.4 Å². The van der Waals surface area contributed by atoms with Crippen molar-refractivity contribution < 1.29 is 43.3 Å². The van der Waals surface area contributed by atoms with Crippen LogP contribution in [0.3, 0.4) is 0 Å². The number of hydrogen-bond donors (Lipinski definition) is 2. The number of esters is 2. The summed E-state index contributed by atoms with van der Waals surface area (Å²) < 4.78 is 23.0. The first kappa shape index (κ1) is 35.2. The molecule has 0 aliphatic heterocycles. The number of pyridine rings is 1. The molecule has 2 N–H and O–H groups in total. The molecule has 0 aliphatic carbocycles. The van der Waals surface area contributed by atoms with Crippen LogP contribution in [0.2, 0.25) is 0 Å². The second-order valence-electron chi connectivity index (χ2n) is 10.7. The van der Waals surface area contributed by atoms with Gasteiger partial charge >= 0.3 is 11.9 Å². The fourth-order valence-corrected chi connectivity index (χ4v) is 4.42. The second-order valence-corrected chi connectivity index (χ2v) is 10.7. The van der Waals surface area contributed by atoms with Gasteiger partial charge in [-0.25, -0.2) is 4.39 Å². The summed E-state index contributed by atoms with van der Waals surface area (Å²) in [5.74, 6) is -2.94. The van der Waals surface area contributed by atoms with Crippen molar-refractivity contribution in [1.82, 2.24) is 4.98 Å². The maximum atomic E-state index is 14.0.